The summed E-state index contributed by atoms with van der Waals surface area (Å²) in [6.45, 7) is 4.75. The average molecular weight is 236 g/mol. The van der Waals surface area contributed by atoms with E-state index in [0.717, 1.165) is 18.4 Å². The zero-order chi connectivity index (χ0) is 12.7. The third-order valence-corrected chi connectivity index (χ3v) is 2.69. The second-order valence-corrected chi connectivity index (χ2v) is 4.19. The van der Waals surface area contributed by atoms with Crippen LogP contribution in [-0.2, 0) is 0 Å². The number of aryl methyl sites for hydroxylation is 1. The summed E-state index contributed by atoms with van der Waals surface area (Å²) in [5.41, 5.74) is 1.25. The Hall–Kier alpha value is -1.51. The summed E-state index contributed by atoms with van der Waals surface area (Å²) in [6, 6.07) is 4.98. The number of aromatic carboxylic acids is 1. The number of rotatable bonds is 7. The number of hydrogen-bond donors (Lipinski definition) is 1. The van der Waals surface area contributed by atoms with Gasteiger partial charge in [-0.25, -0.2) is 4.79 Å². The van der Waals surface area contributed by atoms with E-state index in [1.165, 1.54) is 12.8 Å². The quantitative estimate of drug-likeness (QED) is 0.735. The third-order valence-electron chi connectivity index (χ3n) is 2.69. The zero-order valence-corrected chi connectivity index (χ0v) is 10.5. The van der Waals surface area contributed by atoms with Crippen molar-refractivity contribution in [1.82, 2.24) is 0 Å². The fourth-order valence-electron chi connectivity index (χ4n) is 1.60. The van der Waals surface area contributed by atoms with Crippen molar-refractivity contribution in [1.29, 1.82) is 0 Å². The number of benzene rings is 1. The Labute approximate surface area is 102 Å². The molecule has 0 aliphatic rings. The van der Waals surface area contributed by atoms with Gasteiger partial charge in [-0.2, -0.15) is 0 Å². The predicted octanol–water partition coefficient (Wildman–Crippen LogP) is 3.65. The van der Waals surface area contributed by atoms with Gasteiger partial charge in [0.05, 0.1) is 12.2 Å². The summed E-state index contributed by atoms with van der Waals surface area (Å²) >= 11 is 0. The summed E-state index contributed by atoms with van der Waals surface area (Å²) in [6.07, 6.45) is 4.60. The van der Waals surface area contributed by atoms with E-state index in [0.29, 0.717) is 12.4 Å². The van der Waals surface area contributed by atoms with Crippen LogP contribution in [0.5, 0.6) is 5.75 Å². The van der Waals surface area contributed by atoms with Crippen LogP contribution in [0.1, 0.15) is 48.5 Å². The molecule has 1 aromatic rings. The van der Waals surface area contributed by atoms with Gasteiger partial charge in [-0.05, 0) is 31.0 Å². The van der Waals surface area contributed by atoms with Gasteiger partial charge in [-0.3, -0.25) is 0 Å². The number of unbranched alkanes of at least 4 members (excludes halogenated alkanes) is 3. The number of carboxylic acids is 1. The molecule has 0 bridgehead atoms. The number of ether oxygens (including phenoxy) is 1. The van der Waals surface area contributed by atoms with Crippen molar-refractivity contribution < 1.29 is 14.6 Å². The van der Waals surface area contributed by atoms with Crippen LogP contribution in [0.15, 0.2) is 18.2 Å². The predicted molar refractivity (Wildman–Crippen MR) is 67.8 cm³/mol. The largest absolute Gasteiger partial charge is 0.493 e. The molecule has 0 aliphatic carbocycles. The normalized spacial score (nSPS) is 10.2. The molecule has 0 radical (unpaired) electrons. The highest BCUT2D eigenvalue weighted by Crippen LogP contribution is 2.20. The van der Waals surface area contributed by atoms with E-state index in [1.807, 2.05) is 6.92 Å². The molecule has 3 heteroatoms. The highest BCUT2D eigenvalue weighted by molar-refractivity contribution is 5.88. The molecule has 1 aromatic carbocycles. The first-order chi connectivity index (χ1) is 8.15. The Kier molecular flexibility index (Phi) is 5.53. The van der Waals surface area contributed by atoms with Gasteiger partial charge in [-0.1, -0.05) is 32.3 Å². The van der Waals surface area contributed by atoms with Gasteiger partial charge in [0.25, 0.3) is 0 Å². The number of carbonyl (C=O) groups is 1. The van der Waals surface area contributed by atoms with Crippen LogP contribution in [0.2, 0.25) is 0 Å². The monoisotopic (exact) mass is 236 g/mol. The van der Waals surface area contributed by atoms with Crippen molar-refractivity contribution in [3.05, 3.63) is 29.3 Å². The van der Waals surface area contributed by atoms with E-state index in [-0.39, 0.29) is 5.56 Å². The maximum Gasteiger partial charge on any atom is 0.335 e. The molecule has 0 heterocycles. The van der Waals surface area contributed by atoms with E-state index < -0.39 is 5.97 Å². The van der Waals surface area contributed by atoms with Gasteiger partial charge in [0, 0.05) is 0 Å². The lowest BCUT2D eigenvalue weighted by Gasteiger charge is -2.09. The Morgan fingerprint density at radius 1 is 1.29 bits per heavy atom. The van der Waals surface area contributed by atoms with Crippen LogP contribution in [0.25, 0.3) is 0 Å². The first-order valence-corrected chi connectivity index (χ1v) is 6.12. The molecule has 3 nitrogen and oxygen atoms in total. The Morgan fingerprint density at radius 2 is 2.06 bits per heavy atom. The van der Waals surface area contributed by atoms with Crippen LogP contribution in [-0.4, -0.2) is 17.7 Å². The van der Waals surface area contributed by atoms with E-state index >= 15 is 0 Å². The molecule has 0 saturated heterocycles. The Morgan fingerprint density at radius 3 is 2.71 bits per heavy atom. The molecular formula is C14H20O3. The summed E-state index contributed by atoms with van der Waals surface area (Å²) in [4.78, 5) is 10.8. The van der Waals surface area contributed by atoms with Crippen molar-refractivity contribution in [3.8, 4) is 5.75 Å². The van der Waals surface area contributed by atoms with Crippen LogP contribution in [0.4, 0.5) is 0 Å². The minimum atomic E-state index is -0.916. The van der Waals surface area contributed by atoms with Crippen LogP contribution in [0.3, 0.4) is 0 Å². The molecule has 1 N–H and O–H groups in total. The maximum absolute atomic E-state index is 10.8. The third kappa shape index (κ3) is 4.47. The zero-order valence-electron chi connectivity index (χ0n) is 10.5. The van der Waals surface area contributed by atoms with Gasteiger partial charge in [-0.15, -0.1) is 0 Å². The second-order valence-electron chi connectivity index (χ2n) is 4.19. The smallest absolute Gasteiger partial charge is 0.335 e. The lowest BCUT2D eigenvalue weighted by molar-refractivity contribution is 0.0696. The molecule has 1 rings (SSSR count). The molecule has 0 unspecified atom stereocenters. The van der Waals surface area contributed by atoms with Crippen molar-refractivity contribution >= 4 is 5.97 Å². The van der Waals surface area contributed by atoms with E-state index in [2.05, 4.69) is 6.92 Å². The number of hydrogen-bond acceptors (Lipinski definition) is 2. The molecule has 0 atom stereocenters. The second kappa shape index (κ2) is 6.94. The molecule has 0 saturated carbocycles. The van der Waals surface area contributed by atoms with E-state index in [4.69, 9.17) is 9.84 Å². The van der Waals surface area contributed by atoms with E-state index in [1.54, 1.807) is 18.2 Å². The molecule has 0 spiro atoms. The average Bonchev–Trinajstić information content (AvgIpc) is 2.30. The van der Waals surface area contributed by atoms with Gasteiger partial charge in [0.1, 0.15) is 5.75 Å². The van der Waals surface area contributed by atoms with E-state index in [9.17, 15) is 4.79 Å². The van der Waals surface area contributed by atoms with Crippen molar-refractivity contribution in [2.24, 2.45) is 0 Å². The Bertz CT molecular complexity index is 372. The topological polar surface area (TPSA) is 46.5 Å². The summed E-state index contributed by atoms with van der Waals surface area (Å²) in [7, 11) is 0. The molecule has 17 heavy (non-hydrogen) atoms. The Balaban J connectivity index is 2.51. The lowest BCUT2D eigenvalue weighted by atomic mass is 10.1. The first kappa shape index (κ1) is 13.6. The summed E-state index contributed by atoms with van der Waals surface area (Å²) in [5.74, 6) is -0.234. The molecule has 94 valence electrons. The van der Waals surface area contributed by atoms with Crippen molar-refractivity contribution in [3.63, 3.8) is 0 Å². The SMILES string of the molecule is CCCCCCOc1cc(C(=O)O)ccc1C. The maximum atomic E-state index is 10.8. The summed E-state index contributed by atoms with van der Waals surface area (Å²) in [5, 5.41) is 8.89. The molecular weight excluding hydrogens is 216 g/mol. The van der Waals surface area contributed by atoms with Crippen molar-refractivity contribution in [2.75, 3.05) is 6.61 Å². The van der Waals surface area contributed by atoms with Crippen LogP contribution in [0, 0.1) is 6.92 Å². The van der Waals surface area contributed by atoms with Gasteiger partial charge < -0.3 is 9.84 Å². The highest BCUT2D eigenvalue weighted by atomic mass is 16.5. The molecule has 0 fully saturated rings. The van der Waals surface area contributed by atoms with Crippen LogP contribution < -0.4 is 4.74 Å². The molecule has 0 aromatic heterocycles. The van der Waals surface area contributed by atoms with Crippen LogP contribution >= 0.6 is 0 Å². The van der Waals surface area contributed by atoms with Gasteiger partial charge in [0.2, 0.25) is 0 Å². The van der Waals surface area contributed by atoms with Crippen molar-refractivity contribution in [2.45, 2.75) is 39.5 Å². The minimum Gasteiger partial charge on any atom is -0.493 e. The summed E-state index contributed by atoms with van der Waals surface area (Å²) < 4.78 is 5.61. The van der Waals surface area contributed by atoms with Gasteiger partial charge in [0.15, 0.2) is 0 Å². The fraction of sp³-hybridized carbons (Fsp3) is 0.500. The lowest BCUT2D eigenvalue weighted by Crippen LogP contribution is -2.02. The molecule has 0 amide bonds. The highest BCUT2D eigenvalue weighted by Gasteiger charge is 2.06. The number of carboxylic acid groups (broad SMARTS) is 1. The molecule has 0 aliphatic heterocycles. The van der Waals surface area contributed by atoms with Gasteiger partial charge >= 0.3 is 5.97 Å². The minimum absolute atomic E-state index is 0.277. The fourth-order valence-corrected chi connectivity index (χ4v) is 1.60. The standard InChI is InChI=1S/C14H20O3/c1-3-4-5-6-9-17-13-10-12(14(15)16)8-7-11(13)2/h7-8,10H,3-6,9H2,1-2H3,(H,15,16). The first-order valence-electron chi connectivity index (χ1n) is 6.12.